The summed E-state index contributed by atoms with van der Waals surface area (Å²) in [6.07, 6.45) is 1.86. The minimum absolute atomic E-state index is 0.0565. The first-order valence-electron chi connectivity index (χ1n) is 4.96. The van der Waals surface area contributed by atoms with Crippen molar-refractivity contribution in [1.29, 1.82) is 0 Å². The van der Waals surface area contributed by atoms with Crippen molar-refractivity contribution >= 4 is 11.9 Å². The molecule has 88 valence electrons. The summed E-state index contributed by atoms with van der Waals surface area (Å²) < 4.78 is 0. The standard InChI is InChI=1S/C9H19N3O3/c1-2-3-4-12(6-8(11)13)5-7(10)9(14)15/h7H,2-6,10H2,1H3,(H2,11,13)(H,14,15). The Labute approximate surface area is 89.2 Å². The maximum absolute atomic E-state index is 10.7. The molecule has 15 heavy (non-hydrogen) atoms. The molecule has 0 bridgehead atoms. The molecule has 5 N–H and O–H groups in total. The van der Waals surface area contributed by atoms with E-state index in [0.29, 0.717) is 6.54 Å². The van der Waals surface area contributed by atoms with Crippen molar-refractivity contribution in [3.8, 4) is 0 Å². The average molecular weight is 217 g/mol. The summed E-state index contributed by atoms with van der Waals surface area (Å²) in [5, 5.41) is 8.62. The normalized spacial score (nSPS) is 12.7. The average Bonchev–Trinajstić information content (AvgIpc) is 2.13. The second-order valence-corrected chi connectivity index (χ2v) is 3.50. The van der Waals surface area contributed by atoms with Crippen LogP contribution in [0.5, 0.6) is 0 Å². The van der Waals surface area contributed by atoms with E-state index in [2.05, 4.69) is 0 Å². The molecule has 0 fully saturated rings. The quantitative estimate of drug-likeness (QED) is 0.482. The van der Waals surface area contributed by atoms with Crippen LogP contribution in [-0.2, 0) is 9.59 Å². The van der Waals surface area contributed by atoms with Crippen molar-refractivity contribution < 1.29 is 14.7 Å². The largest absolute Gasteiger partial charge is 0.480 e. The second-order valence-electron chi connectivity index (χ2n) is 3.50. The SMILES string of the molecule is CCCCN(CC(N)=O)CC(N)C(=O)O. The minimum atomic E-state index is -1.07. The number of hydrogen-bond donors (Lipinski definition) is 3. The van der Waals surface area contributed by atoms with E-state index >= 15 is 0 Å². The lowest BCUT2D eigenvalue weighted by atomic mass is 10.2. The third-order valence-electron chi connectivity index (χ3n) is 1.98. The number of amides is 1. The molecule has 0 aromatic carbocycles. The van der Waals surface area contributed by atoms with E-state index in [-0.39, 0.29) is 13.1 Å². The van der Waals surface area contributed by atoms with Gasteiger partial charge < -0.3 is 16.6 Å². The van der Waals surface area contributed by atoms with E-state index < -0.39 is 17.9 Å². The van der Waals surface area contributed by atoms with Crippen LogP contribution in [0.2, 0.25) is 0 Å². The van der Waals surface area contributed by atoms with Crippen molar-refractivity contribution in [2.75, 3.05) is 19.6 Å². The Morgan fingerprint density at radius 1 is 1.47 bits per heavy atom. The fraction of sp³-hybridized carbons (Fsp3) is 0.778. The van der Waals surface area contributed by atoms with Crippen molar-refractivity contribution in [2.24, 2.45) is 11.5 Å². The number of primary amides is 1. The number of nitrogens with two attached hydrogens (primary N) is 2. The number of aliphatic carboxylic acids is 1. The van der Waals surface area contributed by atoms with Crippen LogP contribution in [0.15, 0.2) is 0 Å². The van der Waals surface area contributed by atoms with E-state index in [9.17, 15) is 9.59 Å². The van der Waals surface area contributed by atoms with Gasteiger partial charge in [-0.3, -0.25) is 14.5 Å². The van der Waals surface area contributed by atoms with Gasteiger partial charge >= 0.3 is 5.97 Å². The third-order valence-corrected chi connectivity index (χ3v) is 1.98. The first kappa shape index (κ1) is 13.9. The third kappa shape index (κ3) is 6.87. The molecule has 0 aromatic heterocycles. The molecular weight excluding hydrogens is 198 g/mol. The van der Waals surface area contributed by atoms with Crippen LogP contribution in [0.4, 0.5) is 0 Å². The Bertz CT molecular complexity index is 221. The molecular formula is C9H19N3O3. The highest BCUT2D eigenvalue weighted by Crippen LogP contribution is 1.96. The number of carbonyl (C=O) groups excluding carboxylic acids is 1. The summed E-state index contributed by atoms with van der Waals surface area (Å²) in [5.41, 5.74) is 10.4. The Hall–Kier alpha value is -1.14. The first-order valence-corrected chi connectivity index (χ1v) is 4.96. The second kappa shape index (κ2) is 7.19. The van der Waals surface area contributed by atoms with Gasteiger partial charge in [-0.2, -0.15) is 0 Å². The maximum atomic E-state index is 10.7. The summed E-state index contributed by atoms with van der Waals surface area (Å²) in [6, 6.07) is -0.971. The maximum Gasteiger partial charge on any atom is 0.321 e. The number of carbonyl (C=O) groups is 2. The molecule has 6 heteroatoms. The lowest BCUT2D eigenvalue weighted by Crippen LogP contribution is -2.45. The van der Waals surface area contributed by atoms with Crippen LogP contribution in [0.25, 0.3) is 0 Å². The van der Waals surface area contributed by atoms with Gasteiger partial charge in [0.25, 0.3) is 0 Å². The highest BCUT2D eigenvalue weighted by Gasteiger charge is 2.17. The van der Waals surface area contributed by atoms with Crippen LogP contribution in [0.1, 0.15) is 19.8 Å². The lowest BCUT2D eigenvalue weighted by molar-refractivity contribution is -0.139. The van der Waals surface area contributed by atoms with Crippen molar-refractivity contribution in [3.63, 3.8) is 0 Å². The molecule has 1 amide bonds. The predicted octanol–water partition coefficient (Wildman–Crippen LogP) is -1.01. The Morgan fingerprint density at radius 2 is 2.07 bits per heavy atom. The molecule has 0 spiro atoms. The molecule has 0 saturated heterocycles. The molecule has 0 aliphatic rings. The zero-order valence-corrected chi connectivity index (χ0v) is 8.98. The zero-order valence-electron chi connectivity index (χ0n) is 8.98. The van der Waals surface area contributed by atoms with Crippen LogP contribution < -0.4 is 11.5 Å². The lowest BCUT2D eigenvalue weighted by Gasteiger charge is -2.22. The van der Waals surface area contributed by atoms with Gasteiger partial charge in [-0.05, 0) is 13.0 Å². The van der Waals surface area contributed by atoms with Gasteiger partial charge in [-0.25, -0.2) is 0 Å². The molecule has 6 nitrogen and oxygen atoms in total. The summed E-state index contributed by atoms with van der Waals surface area (Å²) in [4.78, 5) is 22.9. The fourth-order valence-corrected chi connectivity index (χ4v) is 1.19. The van der Waals surface area contributed by atoms with Crippen LogP contribution in [0.3, 0.4) is 0 Å². The van der Waals surface area contributed by atoms with E-state index in [1.54, 1.807) is 4.90 Å². The van der Waals surface area contributed by atoms with Gasteiger partial charge in [0.05, 0.1) is 6.54 Å². The summed E-state index contributed by atoms with van der Waals surface area (Å²) in [5.74, 6) is -1.54. The number of rotatable bonds is 8. The smallest absolute Gasteiger partial charge is 0.321 e. The summed E-state index contributed by atoms with van der Waals surface area (Å²) in [6.45, 7) is 2.86. The van der Waals surface area contributed by atoms with Gasteiger partial charge in [0.15, 0.2) is 0 Å². The molecule has 1 atom stereocenters. The summed E-state index contributed by atoms with van der Waals surface area (Å²) >= 11 is 0. The molecule has 0 saturated carbocycles. The van der Waals surface area contributed by atoms with Gasteiger partial charge in [0.1, 0.15) is 6.04 Å². The van der Waals surface area contributed by atoms with Crippen molar-refractivity contribution in [1.82, 2.24) is 4.90 Å². The topological polar surface area (TPSA) is 110 Å². The van der Waals surface area contributed by atoms with Gasteiger partial charge in [0, 0.05) is 6.54 Å². The molecule has 0 rings (SSSR count). The minimum Gasteiger partial charge on any atom is -0.480 e. The zero-order chi connectivity index (χ0) is 11.8. The van der Waals surface area contributed by atoms with Gasteiger partial charge in [-0.1, -0.05) is 13.3 Å². The monoisotopic (exact) mass is 217 g/mol. The van der Waals surface area contributed by atoms with Gasteiger partial charge in [-0.15, -0.1) is 0 Å². The number of nitrogens with zero attached hydrogens (tertiary/aromatic N) is 1. The van der Waals surface area contributed by atoms with Crippen LogP contribution in [0, 0.1) is 0 Å². The first-order chi connectivity index (χ1) is 6.97. The Morgan fingerprint density at radius 3 is 2.47 bits per heavy atom. The highest BCUT2D eigenvalue weighted by atomic mass is 16.4. The van der Waals surface area contributed by atoms with E-state index in [1.165, 1.54) is 0 Å². The van der Waals surface area contributed by atoms with Gasteiger partial charge in [0.2, 0.25) is 5.91 Å². The number of carboxylic acid groups (broad SMARTS) is 1. The van der Waals surface area contributed by atoms with Crippen molar-refractivity contribution in [2.45, 2.75) is 25.8 Å². The molecule has 0 radical (unpaired) electrons. The van der Waals surface area contributed by atoms with E-state index in [4.69, 9.17) is 16.6 Å². The number of hydrogen-bond acceptors (Lipinski definition) is 4. The Kier molecular flexibility index (Phi) is 6.64. The molecule has 0 aliphatic carbocycles. The Balaban J connectivity index is 4.10. The fourth-order valence-electron chi connectivity index (χ4n) is 1.19. The van der Waals surface area contributed by atoms with Crippen LogP contribution >= 0.6 is 0 Å². The van der Waals surface area contributed by atoms with E-state index in [1.807, 2.05) is 6.92 Å². The predicted molar refractivity (Wildman–Crippen MR) is 56.2 cm³/mol. The van der Waals surface area contributed by atoms with E-state index in [0.717, 1.165) is 12.8 Å². The van der Waals surface area contributed by atoms with Crippen molar-refractivity contribution in [3.05, 3.63) is 0 Å². The molecule has 1 unspecified atom stereocenters. The summed E-state index contributed by atoms with van der Waals surface area (Å²) in [7, 11) is 0. The molecule has 0 aliphatic heterocycles. The molecule has 0 heterocycles. The number of unbranched alkanes of at least 4 members (excludes halogenated alkanes) is 1. The van der Waals surface area contributed by atoms with Crippen LogP contribution in [-0.4, -0.2) is 47.6 Å². The number of carboxylic acids is 1. The molecule has 0 aromatic rings. The highest BCUT2D eigenvalue weighted by molar-refractivity contribution is 5.76.